The van der Waals surface area contributed by atoms with Gasteiger partial charge in [0, 0.05) is 0 Å². The minimum absolute atomic E-state index is 1.26. The Morgan fingerprint density at radius 2 is 2.14 bits per heavy atom. The molecule has 0 aliphatic carbocycles. The Labute approximate surface area is 61.3 Å². The van der Waals surface area contributed by atoms with E-state index in [1.54, 1.807) is 0 Å². The first-order valence-corrected chi connectivity index (χ1v) is 2.41. The minimum atomic E-state index is 1.26. The van der Waals surface area contributed by atoms with Crippen molar-refractivity contribution in [2.45, 2.75) is 0 Å². The molecule has 1 aromatic heterocycles. The van der Waals surface area contributed by atoms with Crippen LogP contribution in [0.25, 0.3) is 0 Å². The zero-order chi connectivity index (χ0) is 5.28. The summed E-state index contributed by atoms with van der Waals surface area (Å²) < 4.78 is 2.60. The first-order chi connectivity index (χ1) is 3.30. The van der Waals surface area contributed by atoms with Gasteiger partial charge in [0.05, 0.1) is 0 Å². The third-order valence-corrected chi connectivity index (χ3v) is 1.22. The van der Waals surface area contributed by atoms with Gasteiger partial charge >= 0.3 is 61.3 Å². The van der Waals surface area contributed by atoms with Crippen LogP contribution in [0.15, 0.2) is 12.3 Å². The van der Waals surface area contributed by atoms with Crippen LogP contribution in [0, 0.1) is 0 Å². The van der Waals surface area contributed by atoms with Gasteiger partial charge in [-0.15, -0.1) is 0 Å². The fourth-order valence-corrected chi connectivity index (χ4v) is 0.531. The molecule has 0 saturated carbocycles. The van der Waals surface area contributed by atoms with Crippen molar-refractivity contribution in [2.24, 2.45) is 0 Å². The number of aromatic nitrogens is 1. The van der Waals surface area contributed by atoms with Gasteiger partial charge in [0.1, 0.15) is 0 Å². The van der Waals surface area contributed by atoms with Crippen molar-refractivity contribution >= 4 is 44.0 Å². The van der Waals surface area contributed by atoms with E-state index in [0.29, 0.717) is 0 Å². The molecule has 0 bridgehead atoms. The van der Waals surface area contributed by atoms with Crippen molar-refractivity contribution in [1.82, 2.24) is 4.98 Å². The zero-order valence-electron chi connectivity index (χ0n) is 4.65. The SMILES string of the molecule is [Li][c]1cc[nH][c]1[Li]. The predicted octanol–water partition coefficient (Wildman–Crippen LogP) is -1.40. The maximum atomic E-state index is 3.07. The summed E-state index contributed by atoms with van der Waals surface area (Å²) in [4.78, 5) is 3.07. The van der Waals surface area contributed by atoms with E-state index in [1.165, 1.54) is 8.60 Å². The van der Waals surface area contributed by atoms with Gasteiger partial charge in [0.2, 0.25) is 0 Å². The molecule has 0 aromatic carbocycles. The monoisotopic (exact) mass is 79.1 g/mol. The second kappa shape index (κ2) is 2.16. The van der Waals surface area contributed by atoms with Crippen LogP contribution in [0.2, 0.25) is 0 Å². The van der Waals surface area contributed by atoms with E-state index in [2.05, 4.69) is 46.5 Å². The van der Waals surface area contributed by atoms with E-state index in [-0.39, 0.29) is 0 Å². The van der Waals surface area contributed by atoms with Gasteiger partial charge in [-0.05, 0) is 0 Å². The molecule has 0 unspecified atom stereocenters. The summed E-state index contributed by atoms with van der Waals surface area (Å²) in [5, 5.41) is 0. The molecule has 0 fully saturated rings. The molecule has 1 aromatic rings. The molecule has 0 aliphatic heterocycles. The Kier molecular flexibility index (Phi) is 1.73. The third-order valence-electron chi connectivity index (χ3n) is 1.22. The molecule has 1 nitrogen and oxygen atoms in total. The molecule has 3 heteroatoms. The second-order valence-corrected chi connectivity index (χ2v) is 1.79. The van der Waals surface area contributed by atoms with E-state index in [0.717, 1.165) is 0 Å². The first-order valence-electron chi connectivity index (χ1n) is 2.41. The van der Waals surface area contributed by atoms with Gasteiger partial charge < -0.3 is 0 Å². The average molecular weight is 79.0 g/mol. The van der Waals surface area contributed by atoms with Crippen LogP contribution < -0.4 is 8.60 Å². The van der Waals surface area contributed by atoms with Crippen LogP contribution >= 0.6 is 0 Å². The Bertz CT molecular complexity index is 142. The van der Waals surface area contributed by atoms with Crippen molar-refractivity contribution in [2.75, 3.05) is 0 Å². The Balaban J connectivity index is 3.12. The molecule has 0 amide bonds. The summed E-state index contributed by atoms with van der Waals surface area (Å²) in [5.74, 6) is 0. The van der Waals surface area contributed by atoms with Crippen LogP contribution in [0.1, 0.15) is 0 Å². The summed E-state index contributed by atoms with van der Waals surface area (Å²) in [5.41, 5.74) is 0. The molecule has 1 N–H and O–H groups in total. The molecule has 0 aliphatic rings. The fourth-order valence-electron chi connectivity index (χ4n) is 0.531. The van der Waals surface area contributed by atoms with Crippen molar-refractivity contribution in [3.63, 3.8) is 0 Å². The summed E-state index contributed by atoms with van der Waals surface area (Å²) in [6, 6.07) is 2.06. The maximum absolute atomic E-state index is 3.07. The number of rotatable bonds is 0. The quantitative estimate of drug-likeness (QED) is 0.368. The molecule has 0 radical (unpaired) electrons. The predicted molar refractivity (Wildman–Crippen MR) is 31.6 cm³/mol. The van der Waals surface area contributed by atoms with Crippen molar-refractivity contribution in [3.8, 4) is 0 Å². The van der Waals surface area contributed by atoms with Crippen LogP contribution in [0.3, 0.4) is 0 Å². The molecule has 26 valence electrons. The van der Waals surface area contributed by atoms with Crippen molar-refractivity contribution in [3.05, 3.63) is 12.3 Å². The van der Waals surface area contributed by atoms with Crippen LogP contribution in [-0.2, 0) is 0 Å². The standard InChI is InChI=1S/C4H3N.2Li/c1-2-4-5-3-1;;/h1,3,5H;;. The van der Waals surface area contributed by atoms with Gasteiger partial charge in [-0.25, -0.2) is 0 Å². The molecule has 1 heterocycles. The molecular formula is C4H3Li2N. The fraction of sp³-hybridized carbons (Fsp3) is 0. The normalized spacial score (nSPS) is 9.71. The number of hydrogen-bond donors (Lipinski definition) is 1. The summed E-state index contributed by atoms with van der Waals surface area (Å²) in [6.07, 6.45) is 1.95. The summed E-state index contributed by atoms with van der Waals surface area (Å²) in [6.45, 7) is 0. The number of H-pyrrole nitrogens is 1. The van der Waals surface area contributed by atoms with Gasteiger partial charge in [0.25, 0.3) is 0 Å². The van der Waals surface area contributed by atoms with Crippen molar-refractivity contribution in [1.29, 1.82) is 0 Å². The molecule has 1 rings (SSSR count). The summed E-state index contributed by atoms with van der Waals surface area (Å²) in [7, 11) is 0. The molecular weight excluding hydrogens is 75.9 g/mol. The molecule has 0 spiro atoms. The van der Waals surface area contributed by atoms with Crippen LogP contribution in [0.5, 0.6) is 0 Å². The van der Waals surface area contributed by atoms with E-state index in [1.807, 2.05) is 6.20 Å². The van der Waals surface area contributed by atoms with E-state index in [4.69, 9.17) is 0 Å². The number of nitrogens with one attached hydrogen (secondary N) is 1. The van der Waals surface area contributed by atoms with E-state index in [9.17, 15) is 0 Å². The molecule has 7 heavy (non-hydrogen) atoms. The Hall–Kier alpha value is 0.475. The van der Waals surface area contributed by atoms with Gasteiger partial charge in [-0.3, -0.25) is 0 Å². The van der Waals surface area contributed by atoms with E-state index >= 15 is 0 Å². The molecule has 0 saturated heterocycles. The molecule has 0 atom stereocenters. The Morgan fingerprint density at radius 1 is 1.43 bits per heavy atom. The van der Waals surface area contributed by atoms with Gasteiger partial charge in [0.15, 0.2) is 0 Å². The van der Waals surface area contributed by atoms with Crippen LogP contribution in [0.4, 0.5) is 0 Å². The number of aromatic amines is 1. The first kappa shape index (κ1) is 5.61. The van der Waals surface area contributed by atoms with Gasteiger partial charge in [-0.1, -0.05) is 0 Å². The van der Waals surface area contributed by atoms with E-state index < -0.39 is 0 Å². The van der Waals surface area contributed by atoms with Crippen LogP contribution in [-0.4, -0.2) is 40.4 Å². The topological polar surface area (TPSA) is 15.8 Å². The number of hydrogen-bond acceptors (Lipinski definition) is 0. The average Bonchev–Trinajstić information content (AvgIpc) is 1.91. The second-order valence-electron chi connectivity index (χ2n) is 1.79. The zero-order valence-corrected chi connectivity index (χ0v) is 4.65. The summed E-state index contributed by atoms with van der Waals surface area (Å²) >= 11 is 4.15. The van der Waals surface area contributed by atoms with Gasteiger partial charge in [-0.2, -0.15) is 0 Å². The van der Waals surface area contributed by atoms with Crippen molar-refractivity contribution < 1.29 is 0 Å². The Morgan fingerprint density at radius 3 is 2.29 bits per heavy atom. The third kappa shape index (κ3) is 1.18.